The minimum absolute atomic E-state index is 0.143. The lowest BCUT2D eigenvalue weighted by Gasteiger charge is -2.19. The Balaban J connectivity index is 2.10. The van der Waals surface area contributed by atoms with E-state index in [2.05, 4.69) is 21.2 Å². The zero-order valence-corrected chi connectivity index (χ0v) is 12.4. The smallest absolute Gasteiger partial charge is 0.305 e. The van der Waals surface area contributed by atoms with Crippen molar-refractivity contribution in [3.05, 3.63) is 34.3 Å². The Morgan fingerprint density at radius 3 is 2.90 bits per heavy atom. The predicted octanol–water partition coefficient (Wildman–Crippen LogP) is 2.12. The Labute approximate surface area is 125 Å². The molecular weight excluding hydrogens is 326 g/mol. The Morgan fingerprint density at radius 1 is 1.50 bits per heavy atom. The number of ether oxygens (including phenoxy) is 1. The van der Waals surface area contributed by atoms with Crippen LogP contribution in [0.25, 0.3) is 0 Å². The monoisotopic (exact) mass is 341 g/mol. The lowest BCUT2D eigenvalue weighted by molar-refractivity contribution is -0.137. The van der Waals surface area contributed by atoms with Crippen molar-refractivity contribution in [3.63, 3.8) is 0 Å². The number of carbonyl (C=O) groups is 2. The van der Waals surface area contributed by atoms with Crippen LogP contribution in [-0.4, -0.2) is 30.2 Å². The number of carboxylic acids is 1. The van der Waals surface area contributed by atoms with E-state index in [1.807, 2.05) is 24.3 Å². The first kappa shape index (κ1) is 15.0. The second-order valence-electron chi connectivity index (χ2n) is 4.77. The third-order valence-electron chi connectivity index (χ3n) is 3.25. The third kappa shape index (κ3) is 4.05. The molecule has 1 fully saturated rings. The number of halogens is 1. The van der Waals surface area contributed by atoms with Crippen LogP contribution in [-0.2, 0) is 14.3 Å². The molecule has 0 aliphatic carbocycles. The summed E-state index contributed by atoms with van der Waals surface area (Å²) >= 11 is 3.35. The van der Waals surface area contributed by atoms with Gasteiger partial charge in [-0.15, -0.1) is 0 Å². The van der Waals surface area contributed by atoms with Crippen LogP contribution in [0.5, 0.6) is 0 Å². The fraction of sp³-hybridized carbons (Fsp3) is 0.429. The maximum atomic E-state index is 12.1. The molecule has 6 heteroatoms. The summed E-state index contributed by atoms with van der Waals surface area (Å²) in [6.07, 6.45) is 0.542. The molecule has 1 heterocycles. The quantitative estimate of drug-likeness (QED) is 0.860. The fourth-order valence-corrected chi connectivity index (χ4v) is 2.60. The molecule has 2 rings (SSSR count). The van der Waals surface area contributed by atoms with Crippen LogP contribution in [0.15, 0.2) is 28.7 Å². The highest BCUT2D eigenvalue weighted by atomic mass is 79.9. The molecule has 1 aliphatic heterocycles. The van der Waals surface area contributed by atoms with Crippen LogP contribution in [0, 0.1) is 5.92 Å². The molecule has 1 aromatic carbocycles. The van der Waals surface area contributed by atoms with E-state index in [1.165, 1.54) is 0 Å². The van der Waals surface area contributed by atoms with Gasteiger partial charge in [0.15, 0.2) is 0 Å². The summed E-state index contributed by atoms with van der Waals surface area (Å²) in [6.45, 7) is 0.989. The first-order valence-electron chi connectivity index (χ1n) is 6.41. The summed E-state index contributed by atoms with van der Waals surface area (Å²) in [5.74, 6) is -1.27. The van der Waals surface area contributed by atoms with E-state index in [0.29, 0.717) is 19.6 Å². The molecule has 108 valence electrons. The van der Waals surface area contributed by atoms with Gasteiger partial charge in [-0.05, 0) is 24.1 Å². The molecule has 0 radical (unpaired) electrons. The molecule has 20 heavy (non-hydrogen) atoms. The van der Waals surface area contributed by atoms with Crippen molar-refractivity contribution in [1.29, 1.82) is 0 Å². The van der Waals surface area contributed by atoms with E-state index in [9.17, 15) is 9.59 Å². The number of benzene rings is 1. The van der Waals surface area contributed by atoms with Gasteiger partial charge in [-0.2, -0.15) is 0 Å². The second kappa shape index (κ2) is 6.85. The van der Waals surface area contributed by atoms with Gasteiger partial charge in [0.1, 0.15) is 0 Å². The molecule has 2 N–H and O–H groups in total. The van der Waals surface area contributed by atoms with E-state index in [1.54, 1.807) is 0 Å². The van der Waals surface area contributed by atoms with Crippen molar-refractivity contribution in [3.8, 4) is 0 Å². The van der Waals surface area contributed by atoms with Gasteiger partial charge < -0.3 is 15.2 Å². The van der Waals surface area contributed by atoms with E-state index in [4.69, 9.17) is 9.84 Å². The Hall–Kier alpha value is -1.40. The molecule has 0 aromatic heterocycles. The molecule has 2 atom stereocenters. The zero-order chi connectivity index (χ0) is 14.5. The normalized spacial score (nSPS) is 19.6. The molecule has 5 nitrogen and oxygen atoms in total. The molecule has 1 aliphatic rings. The van der Waals surface area contributed by atoms with Crippen LogP contribution >= 0.6 is 15.9 Å². The van der Waals surface area contributed by atoms with E-state index >= 15 is 0 Å². The summed E-state index contributed by atoms with van der Waals surface area (Å²) in [5.41, 5.74) is 0.772. The molecule has 0 saturated carbocycles. The average molecular weight is 342 g/mol. The van der Waals surface area contributed by atoms with Gasteiger partial charge in [-0.25, -0.2) is 0 Å². The Morgan fingerprint density at radius 2 is 2.30 bits per heavy atom. The van der Waals surface area contributed by atoms with E-state index in [-0.39, 0.29) is 18.2 Å². The highest BCUT2D eigenvalue weighted by Gasteiger charge is 2.26. The van der Waals surface area contributed by atoms with Gasteiger partial charge in [0.05, 0.1) is 25.0 Å². The van der Waals surface area contributed by atoms with Gasteiger partial charge in [-0.1, -0.05) is 28.1 Å². The molecule has 0 unspecified atom stereocenters. The van der Waals surface area contributed by atoms with Crippen molar-refractivity contribution in [2.75, 3.05) is 13.2 Å². The van der Waals surface area contributed by atoms with Crippen LogP contribution in [0.2, 0.25) is 0 Å². The molecular formula is C14H16BrNO4. The lowest BCUT2D eigenvalue weighted by atomic mass is 10.0. The van der Waals surface area contributed by atoms with Crippen molar-refractivity contribution < 1.29 is 19.4 Å². The lowest BCUT2D eigenvalue weighted by Crippen LogP contribution is -2.35. The topological polar surface area (TPSA) is 75.6 Å². The summed E-state index contributed by atoms with van der Waals surface area (Å²) in [7, 11) is 0. The van der Waals surface area contributed by atoms with Crippen LogP contribution in [0.4, 0.5) is 0 Å². The van der Waals surface area contributed by atoms with Crippen molar-refractivity contribution in [2.24, 2.45) is 5.92 Å². The number of aliphatic carboxylic acids is 1. The highest BCUT2D eigenvalue weighted by Crippen LogP contribution is 2.22. The van der Waals surface area contributed by atoms with E-state index < -0.39 is 12.0 Å². The standard InChI is InChI=1S/C14H16BrNO4/c15-11-3-1-2-9(6-11)12(7-13(17)18)16-14(19)10-4-5-20-8-10/h1-3,6,10,12H,4-5,7-8H2,(H,16,19)(H,17,18)/t10-,12-/m1/s1. The number of nitrogens with one attached hydrogen (secondary N) is 1. The molecule has 0 bridgehead atoms. The summed E-state index contributed by atoms with van der Waals surface area (Å²) in [4.78, 5) is 23.1. The minimum atomic E-state index is -0.946. The van der Waals surface area contributed by atoms with Gasteiger partial charge in [-0.3, -0.25) is 9.59 Å². The highest BCUT2D eigenvalue weighted by molar-refractivity contribution is 9.10. The van der Waals surface area contributed by atoms with Crippen LogP contribution < -0.4 is 5.32 Å². The first-order chi connectivity index (χ1) is 9.56. The predicted molar refractivity (Wildman–Crippen MR) is 76.2 cm³/mol. The van der Waals surface area contributed by atoms with Crippen molar-refractivity contribution >= 4 is 27.8 Å². The third-order valence-corrected chi connectivity index (χ3v) is 3.74. The van der Waals surface area contributed by atoms with Crippen molar-refractivity contribution in [1.82, 2.24) is 5.32 Å². The number of amides is 1. The van der Waals surface area contributed by atoms with E-state index in [0.717, 1.165) is 10.0 Å². The zero-order valence-electron chi connectivity index (χ0n) is 10.8. The number of carboxylic acid groups (broad SMARTS) is 1. The number of carbonyl (C=O) groups excluding carboxylic acids is 1. The Bertz CT molecular complexity index is 500. The molecule has 1 amide bonds. The summed E-state index contributed by atoms with van der Waals surface area (Å²) < 4.78 is 6.03. The number of hydrogen-bond donors (Lipinski definition) is 2. The Kier molecular flexibility index (Phi) is 5.14. The second-order valence-corrected chi connectivity index (χ2v) is 5.69. The SMILES string of the molecule is O=C(O)C[C@@H](NC(=O)[C@@H]1CCOC1)c1cccc(Br)c1. The fourth-order valence-electron chi connectivity index (χ4n) is 2.18. The number of hydrogen-bond acceptors (Lipinski definition) is 3. The minimum Gasteiger partial charge on any atom is -0.481 e. The van der Waals surface area contributed by atoms with Gasteiger partial charge in [0, 0.05) is 11.1 Å². The number of rotatable bonds is 5. The first-order valence-corrected chi connectivity index (χ1v) is 7.21. The van der Waals surface area contributed by atoms with Crippen LogP contribution in [0.3, 0.4) is 0 Å². The molecule has 1 saturated heterocycles. The van der Waals surface area contributed by atoms with Gasteiger partial charge in [0.2, 0.25) is 5.91 Å². The maximum Gasteiger partial charge on any atom is 0.305 e. The van der Waals surface area contributed by atoms with Gasteiger partial charge in [0.25, 0.3) is 0 Å². The maximum absolute atomic E-state index is 12.1. The average Bonchev–Trinajstić information content (AvgIpc) is 2.91. The summed E-state index contributed by atoms with van der Waals surface area (Å²) in [5, 5.41) is 11.8. The molecule has 1 aromatic rings. The molecule has 0 spiro atoms. The van der Waals surface area contributed by atoms with Crippen LogP contribution in [0.1, 0.15) is 24.4 Å². The van der Waals surface area contributed by atoms with Crippen molar-refractivity contribution in [2.45, 2.75) is 18.9 Å². The summed E-state index contributed by atoms with van der Waals surface area (Å²) in [6, 6.07) is 6.77. The van der Waals surface area contributed by atoms with Gasteiger partial charge >= 0.3 is 5.97 Å². The largest absolute Gasteiger partial charge is 0.481 e.